The average molecular weight is 278 g/mol. The summed E-state index contributed by atoms with van der Waals surface area (Å²) in [5.74, 6) is -0.0173. The number of hydrogen-bond donors (Lipinski definition) is 0. The van der Waals surface area contributed by atoms with E-state index in [1.165, 1.54) is 0 Å². The normalized spacial score (nSPS) is 13.6. The lowest BCUT2D eigenvalue weighted by molar-refractivity contribution is -0.118. The van der Waals surface area contributed by atoms with Gasteiger partial charge in [0.05, 0.1) is 13.2 Å². The van der Waals surface area contributed by atoms with E-state index in [0.29, 0.717) is 26.1 Å². The molecule has 1 atom stereocenters. The zero-order valence-electron chi connectivity index (χ0n) is 12.1. The Balaban J connectivity index is 4.86. The first-order valence-corrected chi connectivity index (χ1v) is 8.58. The topological polar surface area (TPSA) is 52.6 Å². The van der Waals surface area contributed by atoms with E-state index < -0.39 is 13.3 Å². The summed E-state index contributed by atoms with van der Waals surface area (Å²) in [5.41, 5.74) is -0.589. The minimum Gasteiger partial charge on any atom is -0.308 e. The van der Waals surface area contributed by atoms with E-state index in [2.05, 4.69) is 6.92 Å². The van der Waals surface area contributed by atoms with Crippen LogP contribution in [0.2, 0.25) is 0 Å². The van der Waals surface area contributed by atoms with Gasteiger partial charge in [-0.2, -0.15) is 0 Å². The second-order valence-corrected chi connectivity index (χ2v) is 6.43. The molecule has 0 saturated heterocycles. The number of hydrogen-bond acceptors (Lipinski definition) is 4. The van der Waals surface area contributed by atoms with Gasteiger partial charge in [-0.25, -0.2) is 0 Å². The fraction of sp³-hybridized carbons (Fsp3) is 0.923. The Morgan fingerprint density at radius 2 is 1.61 bits per heavy atom. The van der Waals surface area contributed by atoms with E-state index in [9.17, 15) is 9.36 Å². The van der Waals surface area contributed by atoms with Crippen LogP contribution in [0.5, 0.6) is 0 Å². The number of rotatable bonds is 11. The lowest BCUT2D eigenvalue weighted by Gasteiger charge is -2.25. The smallest absolute Gasteiger partial charge is 0.308 e. The molecule has 0 N–H and O–H groups in total. The highest BCUT2D eigenvalue weighted by molar-refractivity contribution is 7.55. The summed E-state index contributed by atoms with van der Waals surface area (Å²) >= 11 is 0. The van der Waals surface area contributed by atoms with E-state index >= 15 is 0 Å². The fourth-order valence-corrected chi connectivity index (χ4v) is 4.08. The van der Waals surface area contributed by atoms with Crippen molar-refractivity contribution in [2.24, 2.45) is 0 Å². The first-order valence-electron chi connectivity index (χ1n) is 6.97. The van der Waals surface area contributed by atoms with Crippen molar-refractivity contribution in [3.05, 3.63) is 0 Å². The highest BCUT2D eigenvalue weighted by Gasteiger charge is 2.39. The van der Waals surface area contributed by atoms with Crippen molar-refractivity contribution in [2.75, 3.05) is 13.2 Å². The van der Waals surface area contributed by atoms with Crippen LogP contribution >= 0.6 is 7.60 Å². The largest absolute Gasteiger partial charge is 0.341 e. The third kappa shape index (κ3) is 5.64. The summed E-state index contributed by atoms with van der Waals surface area (Å²) in [6, 6.07) is 0. The second-order valence-electron chi connectivity index (χ2n) is 4.21. The molecule has 0 rings (SSSR count). The van der Waals surface area contributed by atoms with E-state index in [1.807, 2.05) is 0 Å². The minimum absolute atomic E-state index is 0.0173. The molecular formula is C13H27O4P. The number of Topliss-reactive ketones (excluding diaryl/α,β-unsaturated/α-hetero) is 1. The highest BCUT2D eigenvalue weighted by Crippen LogP contribution is 2.55. The molecule has 0 amide bonds. The van der Waals surface area contributed by atoms with Crippen LogP contribution in [0.1, 0.15) is 59.8 Å². The molecule has 0 radical (unpaired) electrons. The molecule has 0 bridgehead atoms. The van der Waals surface area contributed by atoms with Crippen LogP contribution in [-0.4, -0.2) is 24.7 Å². The molecule has 0 aromatic carbocycles. The minimum atomic E-state index is -3.29. The van der Waals surface area contributed by atoms with Gasteiger partial charge in [-0.1, -0.05) is 33.1 Å². The van der Waals surface area contributed by atoms with Crippen molar-refractivity contribution >= 4 is 13.4 Å². The van der Waals surface area contributed by atoms with E-state index in [-0.39, 0.29) is 5.78 Å². The van der Waals surface area contributed by atoms with Crippen LogP contribution in [0.3, 0.4) is 0 Å². The Bertz CT molecular complexity index is 268. The molecule has 0 aromatic heterocycles. The summed E-state index contributed by atoms with van der Waals surface area (Å²) in [5, 5.41) is 0. The molecule has 4 nitrogen and oxygen atoms in total. The lowest BCUT2D eigenvalue weighted by atomic mass is 10.1. The SMILES string of the molecule is CCCCCC(C(=O)CC)P(=O)(OCC)OCC. The summed E-state index contributed by atoms with van der Waals surface area (Å²) in [4.78, 5) is 12.0. The van der Waals surface area contributed by atoms with Crippen molar-refractivity contribution in [3.63, 3.8) is 0 Å². The van der Waals surface area contributed by atoms with Crippen LogP contribution in [0, 0.1) is 0 Å². The predicted molar refractivity (Wildman–Crippen MR) is 74.1 cm³/mol. The first-order chi connectivity index (χ1) is 8.55. The first kappa shape index (κ1) is 17.8. The van der Waals surface area contributed by atoms with Crippen LogP contribution < -0.4 is 0 Å². The van der Waals surface area contributed by atoms with Gasteiger partial charge in [-0.15, -0.1) is 0 Å². The third-order valence-corrected chi connectivity index (χ3v) is 5.35. The Morgan fingerprint density at radius 1 is 1.06 bits per heavy atom. The maximum atomic E-state index is 12.6. The van der Waals surface area contributed by atoms with E-state index in [0.717, 1.165) is 19.3 Å². The Hall–Kier alpha value is -0.180. The van der Waals surface area contributed by atoms with Gasteiger partial charge < -0.3 is 9.05 Å². The van der Waals surface area contributed by atoms with Gasteiger partial charge in [0.15, 0.2) is 0 Å². The zero-order valence-corrected chi connectivity index (χ0v) is 13.0. The summed E-state index contributed by atoms with van der Waals surface area (Å²) in [6.45, 7) is 8.03. The van der Waals surface area contributed by atoms with Crippen molar-refractivity contribution in [3.8, 4) is 0 Å². The summed E-state index contributed by atoms with van der Waals surface area (Å²) in [7, 11) is -3.29. The standard InChI is InChI=1S/C13H27O4P/c1-5-9-10-11-13(12(14)6-2)18(15,16-7-3)17-8-4/h13H,5-11H2,1-4H3. The highest BCUT2D eigenvalue weighted by atomic mass is 31.2. The van der Waals surface area contributed by atoms with Gasteiger partial charge >= 0.3 is 7.60 Å². The summed E-state index contributed by atoms with van der Waals surface area (Å²) in [6.07, 6.45) is 3.96. The molecular weight excluding hydrogens is 251 g/mol. The van der Waals surface area contributed by atoms with Gasteiger partial charge in [0.2, 0.25) is 0 Å². The van der Waals surface area contributed by atoms with Crippen LogP contribution in [0.25, 0.3) is 0 Å². The summed E-state index contributed by atoms with van der Waals surface area (Å²) < 4.78 is 23.2. The number of unbranched alkanes of at least 4 members (excludes halogenated alkanes) is 2. The number of carbonyl (C=O) groups is 1. The molecule has 1 unspecified atom stereocenters. The van der Waals surface area contributed by atoms with Gasteiger partial charge in [-0.05, 0) is 20.3 Å². The van der Waals surface area contributed by atoms with Gasteiger partial charge in [0.25, 0.3) is 0 Å². The molecule has 18 heavy (non-hydrogen) atoms. The van der Waals surface area contributed by atoms with Crippen molar-refractivity contribution in [2.45, 2.75) is 65.5 Å². The third-order valence-electron chi connectivity index (χ3n) is 2.80. The fourth-order valence-electron chi connectivity index (χ4n) is 1.90. The zero-order chi connectivity index (χ0) is 14.0. The van der Waals surface area contributed by atoms with Crippen LogP contribution in [0.15, 0.2) is 0 Å². The monoisotopic (exact) mass is 278 g/mol. The van der Waals surface area contributed by atoms with Gasteiger partial charge in [0, 0.05) is 6.42 Å². The molecule has 0 spiro atoms. The average Bonchev–Trinajstić information content (AvgIpc) is 2.34. The molecule has 0 aliphatic carbocycles. The van der Waals surface area contributed by atoms with Crippen molar-refractivity contribution in [1.29, 1.82) is 0 Å². The molecule has 5 heteroatoms. The molecule has 108 valence electrons. The van der Waals surface area contributed by atoms with Gasteiger partial charge in [-0.3, -0.25) is 9.36 Å². The quantitative estimate of drug-likeness (QED) is 0.420. The molecule has 0 aliphatic heterocycles. The van der Waals surface area contributed by atoms with E-state index in [4.69, 9.17) is 9.05 Å². The number of ketones is 1. The number of carbonyl (C=O) groups excluding carboxylic acids is 1. The second kappa shape index (κ2) is 9.71. The van der Waals surface area contributed by atoms with Gasteiger partial charge in [0.1, 0.15) is 11.4 Å². The van der Waals surface area contributed by atoms with E-state index in [1.54, 1.807) is 20.8 Å². The molecule has 0 fully saturated rings. The maximum absolute atomic E-state index is 12.6. The van der Waals surface area contributed by atoms with Crippen molar-refractivity contribution in [1.82, 2.24) is 0 Å². The Kier molecular flexibility index (Phi) is 9.61. The Labute approximate surface area is 111 Å². The van der Waals surface area contributed by atoms with Crippen LogP contribution in [-0.2, 0) is 18.4 Å². The molecule has 0 aliphatic rings. The van der Waals surface area contributed by atoms with Crippen molar-refractivity contribution < 1.29 is 18.4 Å². The molecule has 0 aromatic rings. The molecule has 0 saturated carbocycles. The maximum Gasteiger partial charge on any atom is 0.341 e. The lowest BCUT2D eigenvalue weighted by Crippen LogP contribution is -2.23. The predicted octanol–water partition coefficient (Wildman–Crippen LogP) is 4.18. The molecule has 0 heterocycles. The van der Waals surface area contributed by atoms with Crippen LogP contribution in [0.4, 0.5) is 0 Å². The Morgan fingerprint density at radius 3 is 2.00 bits per heavy atom.